The molecule has 0 aromatic carbocycles. The van der Waals surface area contributed by atoms with Gasteiger partial charge in [-0.3, -0.25) is 4.90 Å². The van der Waals surface area contributed by atoms with Crippen LogP contribution < -0.4 is 0 Å². The van der Waals surface area contributed by atoms with Crippen molar-refractivity contribution in [2.75, 3.05) is 13.1 Å². The highest BCUT2D eigenvalue weighted by molar-refractivity contribution is 4.87. The van der Waals surface area contributed by atoms with Crippen molar-refractivity contribution in [3.05, 3.63) is 0 Å². The van der Waals surface area contributed by atoms with E-state index in [1.807, 2.05) is 0 Å². The molecule has 0 aliphatic heterocycles. The van der Waals surface area contributed by atoms with Crippen LogP contribution in [0.5, 0.6) is 0 Å². The van der Waals surface area contributed by atoms with Crippen LogP contribution >= 0.6 is 0 Å². The maximum atomic E-state index is 10.4. The van der Waals surface area contributed by atoms with Crippen LogP contribution in [0.4, 0.5) is 0 Å². The van der Waals surface area contributed by atoms with Crippen molar-refractivity contribution in [3.8, 4) is 0 Å². The van der Waals surface area contributed by atoms with Gasteiger partial charge in [-0.05, 0) is 50.5 Å². The molecule has 1 atom stereocenters. The fourth-order valence-corrected chi connectivity index (χ4v) is 3.19. The first-order valence-electron chi connectivity index (χ1n) is 8.09. The molecule has 0 saturated heterocycles. The first-order valence-corrected chi connectivity index (χ1v) is 8.09. The lowest BCUT2D eigenvalue weighted by Crippen LogP contribution is -2.39. The van der Waals surface area contributed by atoms with Crippen molar-refractivity contribution in [2.24, 2.45) is 11.8 Å². The fraction of sp³-hybridized carbons (Fsp3) is 1.00. The number of aliphatic hydroxyl groups excluding tert-OH is 1. The van der Waals surface area contributed by atoms with E-state index in [0.717, 1.165) is 18.5 Å². The summed E-state index contributed by atoms with van der Waals surface area (Å²) in [7, 11) is 0. The highest BCUT2D eigenvalue weighted by atomic mass is 16.3. The highest BCUT2D eigenvalue weighted by Crippen LogP contribution is 2.31. The largest absolute Gasteiger partial charge is 0.392 e. The predicted octanol–water partition coefficient (Wildman–Crippen LogP) is 3.44. The van der Waals surface area contributed by atoms with E-state index < -0.39 is 0 Å². The van der Waals surface area contributed by atoms with Crippen molar-refractivity contribution >= 4 is 0 Å². The van der Waals surface area contributed by atoms with Crippen LogP contribution in [0.3, 0.4) is 0 Å². The smallest absolute Gasteiger partial charge is 0.0695 e. The van der Waals surface area contributed by atoms with Crippen LogP contribution in [0.25, 0.3) is 0 Å². The van der Waals surface area contributed by atoms with Gasteiger partial charge >= 0.3 is 0 Å². The van der Waals surface area contributed by atoms with E-state index in [1.165, 1.54) is 57.9 Å². The number of nitrogens with zero attached hydrogens (tertiary/aromatic N) is 1. The Morgan fingerprint density at radius 1 is 1.06 bits per heavy atom. The van der Waals surface area contributed by atoms with Crippen molar-refractivity contribution < 1.29 is 5.11 Å². The molecule has 0 bridgehead atoms. The lowest BCUT2D eigenvalue weighted by Gasteiger charge is -2.31. The maximum absolute atomic E-state index is 10.4. The summed E-state index contributed by atoms with van der Waals surface area (Å²) in [6.07, 6.45) is 10.5. The number of aliphatic hydroxyl groups is 1. The summed E-state index contributed by atoms with van der Waals surface area (Å²) in [5.41, 5.74) is 0. The molecule has 2 aliphatic carbocycles. The van der Waals surface area contributed by atoms with Crippen LogP contribution in [0.1, 0.15) is 65.2 Å². The molecule has 18 heavy (non-hydrogen) atoms. The number of hydrogen-bond acceptors (Lipinski definition) is 2. The summed E-state index contributed by atoms with van der Waals surface area (Å²) in [5, 5.41) is 10.4. The Labute approximate surface area is 113 Å². The molecule has 1 unspecified atom stereocenters. The standard InChI is InChI=1S/C16H31NO/c1-13(2)10-11-17(15-8-9-15)12-16(18)14-6-4-3-5-7-14/h13-16,18H,3-12H2,1-2H3. The van der Waals surface area contributed by atoms with Gasteiger partial charge in [0.2, 0.25) is 0 Å². The molecule has 0 heterocycles. The average molecular weight is 253 g/mol. The highest BCUT2D eigenvalue weighted by Gasteiger charge is 2.32. The van der Waals surface area contributed by atoms with Gasteiger partial charge in [0.15, 0.2) is 0 Å². The van der Waals surface area contributed by atoms with Crippen molar-refractivity contribution in [1.29, 1.82) is 0 Å². The van der Waals surface area contributed by atoms with E-state index in [9.17, 15) is 5.11 Å². The van der Waals surface area contributed by atoms with Crippen LogP contribution in [0, 0.1) is 11.8 Å². The van der Waals surface area contributed by atoms with Gasteiger partial charge in [0, 0.05) is 12.6 Å². The molecule has 2 rings (SSSR count). The molecule has 2 fully saturated rings. The second-order valence-corrected chi connectivity index (χ2v) is 6.87. The molecular formula is C16H31NO. The van der Waals surface area contributed by atoms with Crippen molar-refractivity contribution in [2.45, 2.75) is 77.4 Å². The molecule has 1 N–H and O–H groups in total. The Kier molecular flexibility index (Phi) is 5.50. The number of hydrogen-bond donors (Lipinski definition) is 1. The molecule has 0 aromatic rings. The zero-order chi connectivity index (χ0) is 13.0. The van der Waals surface area contributed by atoms with Gasteiger partial charge < -0.3 is 5.11 Å². The molecule has 2 heteroatoms. The molecule has 0 spiro atoms. The first kappa shape index (κ1) is 14.3. The zero-order valence-corrected chi connectivity index (χ0v) is 12.3. The normalized spacial score (nSPS) is 23.8. The minimum Gasteiger partial charge on any atom is -0.392 e. The van der Waals surface area contributed by atoms with Crippen LogP contribution in [0.15, 0.2) is 0 Å². The summed E-state index contributed by atoms with van der Waals surface area (Å²) in [6.45, 7) is 6.71. The number of rotatable bonds is 7. The molecule has 0 amide bonds. The van der Waals surface area contributed by atoms with E-state index in [2.05, 4.69) is 18.7 Å². The Hall–Kier alpha value is -0.0800. The van der Waals surface area contributed by atoms with E-state index in [-0.39, 0.29) is 6.10 Å². The van der Waals surface area contributed by atoms with Gasteiger partial charge in [-0.1, -0.05) is 33.1 Å². The molecule has 0 radical (unpaired) electrons. The van der Waals surface area contributed by atoms with Gasteiger partial charge in [0.1, 0.15) is 0 Å². The van der Waals surface area contributed by atoms with Gasteiger partial charge in [-0.25, -0.2) is 0 Å². The Morgan fingerprint density at radius 2 is 1.72 bits per heavy atom. The van der Waals surface area contributed by atoms with Crippen LogP contribution in [0.2, 0.25) is 0 Å². The summed E-state index contributed by atoms with van der Waals surface area (Å²) in [5.74, 6) is 1.36. The second kappa shape index (κ2) is 6.91. The summed E-state index contributed by atoms with van der Waals surface area (Å²) in [4.78, 5) is 2.57. The monoisotopic (exact) mass is 253 g/mol. The summed E-state index contributed by atoms with van der Waals surface area (Å²) >= 11 is 0. The topological polar surface area (TPSA) is 23.5 Å². The average Bonchev–Trinajstić information content (AvgIpc) is 3.19. The third-order valence-corrected chi connectivity index (χ3v) is 4.67. The van der Waals surface area contributed by atoms with Crippen LogP contribution in [-0.2, 0) is 0 Å². The Balaban J connectivity index is 1.76. The van der Waals surface area contributed by atoms with Gasteiger partial charge in [-0.15, -0.1) is 0 Å². The third kappa shape index (κ3) is 4.55. The molecule has 2 saturated carbocycles. The zero-order valence-electron chi connectivity index (χ0n) is 12.3. The fourth-order valence-electron chi connectivity index (χ4n) is 3.19. The summed E-state index contributed by atoms with van der Waals surface area (Å²) < 4.78 is 0. The second-order valence-electron chi connectivity index (χ2n) is 6.87. The quantitative estimate of drug-likeness (QED) is 0.751. The summed E-state index contributed by atoms with van der Waals surface area (Å²) in [6, 6.07) is 0.794. The molecule has 0 aromatic heterocycles. The van der Waals surface area contributed by atoms with E-state index >= 15 is 0 Å². The SMILES string of the molecule is CC(C)CCN(CC(O)C1CCCCC1)C1CC1. The Morgan fingerprint density at radius 3 is 2.28 bits per heavy atom. The molecule has 106 valence electrons. The Bertz CT molecular complexity index is 231. The molecular weight excluding hydrogens is 222 g/mol. The minimum atomic E-state index is -0.0712. The van der Waals surface area contributed by atoms with Gasteiger partial charge in [-0.2, -0.15) is 0 Å². The third-order valence-electron chi connectivity index (χ3n) is 4.67. The first-order chi connectivity index (χ1) is 8.66. The predicted molar refractivity (Wildman–Crippen MR) is 76.6 cm³/mol. The van der Waals surface area contributed by atoms with E-state index in [0.29, 0.717) is 5.92 Å². The minimum absolute atomic E-state index is 0.0712. The van der Waals surface area contributed by atoms with Crippen LogP contribution in [-0.4, -0.2) is 35.2 Å². The lowest BCUT2D eigenvalue weighted by atomic mass is 9.85. The van der Waals surface area contributed by atoms with Gasteiger partial charge in [0.25, 0.3) is 0 Å². The van der Waals surface area contributed by atoms with Crippen molar-refractivity contribution in [3.63, 3.8) is 0 Å². The maximum Gasteiger partial charge on any atom is 0.0695 e. The van der Waals surface area contributed by atoms with Crippen molar-refractivity contribution in [1.82, 2.24) is 4.90 Å². The lowest BCUT2D eigenvalue weighted by molar-refractivity contribution is 0.0436. The van der Waals surface area contributed by atoms with Gasteiger partial charge in [0.05, 0.1) is 6.10 Å². The van der Waals surface area contributed by atoms with E-state index in [1.54, 1.807) is 0 Å². The molecule has 2 nitrogen and oxygen atoms in total. The van der Waals surface area contributed by atoms with E-state index in [4.69, 9.17) is 0 Å². The molecule has 2 aliphatic rings.